The largest absolute Gasteiger partial charge is 0.478 e. The summed E-state index contributed by atoms with van der Waals surface area (Å²) < 4.78 is 0. The number of hydrogen-bond donors (Lipinski definition) is 1. The first-order valence-corrected chi connectivity index (χ1v) is 5.89. The van der Waals surface area contributed by atoms with Crippen molar-refractivity contribution >= 4 is 23.1 Å². The lowest BCUT2D eigenvalue weighted by Gasteiger charge is -2.04. The van der Waals surface area contributed by atoms with Gasteiger partial charge in [-0.2, -0.15) is 0 Å². The zero-order valence-electron chi connectivity index (χ0n) is 9.14. The van der Waals surface area contributed by atoms with Crippen molar-refractivity contribution in [3.05, 3.63) is 57.3 Å². The molecule has 1 N–H and O–H groups in total. The summed E-state index contributed by atoms with van der Waals surface area (Å²) >= 11 is 1.31. The second-order valence-electron chi connectivity index (χ2n) is 3.66. The summed E-state index contributed by atoms with van der Waals surface area (Å²) in [5.41, 5.74) is 1.12. The minimum absolute atomic E-state index is 0.0587. The minimum atomic E-state index is -1.08. The minimum Gasteiger partial charge on any atom is -0.478 e. The van der Waals surface area contributed by atoms with Crippen LogP contribution in [0.15, 0.2) is 35.7 Å². The Kier molecular flexibility index (Phi) is 3.06. The highest BCUT2D eigenvalue weighted by molar-refractivity contribution is 7.12. The van der Waals surface area contributed by atoms with Crippen LogP contribution in [0.5, 0.6) is 0 Å². The predicted octanol–water partition coefficient (Wildman–Crippen LogP) is 2.99. The smallest absolute Gasteiger partial charge is 0.336 e. The number of aryl methyl sites for hydroxylation is 1. The van der Waals surface area contributed by atoms with Gasteiger partial charge in [-0.1, -0.05) is 17.7 Å². The van der Waals surface area contributed by atoms with E-state index >= 15 is 0 Å². The zero-order chi connectivity index (χ0) is 12.4. The molecule has 1 heterocycles. The molecule has 3 nitrogen and oxygen atoms in total. The van der Waals surface area contributed by atoms with E-state index in [9.17, 15) is 9.59 Å². The summed E-state index contributed by atoms with van der Waals surface area (Å²) in [6, 6.07) is 8.29. The van der Waals surface area contributed by atoms with Crippen LogP contribution < -0.4 is 0 Å². The van der Waals surface area contributed by atoms with Gasteiger partial charge in [-0.3, -0.25) is 4.79 Å². The van der Waals surface area contributed by atoms with Crippen LogP contribution in [0, 0.1) is 6.92 Å². The van der Waals surface area contributed by atoms with Crippen molar-refractivity contribution in [3.63, 3.8) is 0 Å². The van der Waals surface area contributed by atoms with Crippen LogP contribution in [0.25, 0.3) is 0 Å². The summed E-state index contributed by atoms with van der Waals surface area (Å²) in [6.07, 6.45) is 0. The van der Waals surface area contributed by atoms with E-state index in [-0.39, 0.29) is 16.9 Å². The Morgan fingerprint density at radius 2 is 1.94 bits per heavy atom. The van der Waals surface area contributed by atoms with Crippen LogP contribution in [0.4, 0.5) is 0 Å². The number of aromatic carboxylic acids is 1. The molecule has 4 heteroatoms. The van der Waals surface area contributed by atoms with E-state index in [0.29, 0.717) is 4.88 Å². The van der Waals surface area contributed by atoms with Gasteiger partial charge in [0.25, 0.3) is 0 Å². The fourth-order valence-electron chi connectivity index (χ4n) is 1.57. The molecule has 0 unspecified atom stereocenters. The lowest BCUT2D eigenvalue weighted by Crippen LogP contribution is -2.08. The van der Waals surface area contributed by atoms with Gasteiger partial charge in [0.1, 0.15) is 0 Å². The molecular weight excluding hydrogens is 236 g/mol. The van der Waals surface area contributed by atoms with Crippen molar-refractivity contribution in [3.8, 4) is 0 Å². The summed E-state index contributed by atoms with van der Waals surface area (Å²) in [6.45, 7) is 1.80. The SMILES string of the molecule is Cc1ccc(C(=O)c2cccs2)c(C(=O)O)c1. The molecule has 0 amide bonds. The van der Waals surface area contributed by atoms with Gasteiger partial charge in [-0.25, -0.2) is 4.79 Å². The maximum Gasteiger partial charge on any atom is 0.336 e. The highest BCUT2D eigenvalue weighted by Crippen LogP contribution is 2.19. The molecule has 1 aromatic carbocycles. The summed E-state index contributed by atoms with van der Waals surface area (Å²) in [4.78, 5) is 23.7. The van der Waals surface area contributed by atoms with Crippen LogP contribution >= 0.6 is 11.3 Å². The van der Waals surface area contributed by atoms with E-state index < -0.39 is 5.97 Å². The van der Waals surface area contributed by atoms with Gasteiger partial charge in [0, 0.05) is 5.56 Å². The van der Waals surface area contributed by atoms with Crippen molar-refractivity contribution in [2.45, 2.75) is 6.92 Å². The number of carboxylic acid groups (broad SMARTS) is 1. The van der Waals surface area contributed by atoms with Gasteiger partial charge in [0.05, 0.1) is 10.4 Å². The Labute approximate surface area is 102 Å². The first kappa shape index (κ1) is 11.5. The summed E-state index contributed by atoms with van der Waals surface area (Å²) in [7, 11) is 0. The quantitative estimate of drug-likeness (QED) is 0.847. The molecule has 0 radical (unpaired) electrons. The lowest BCUT2D eigenvalue weighted by molar-refractivity contribution is 0.0692. The normalized spacial score (nSPS) is 10.2. The monoisotopic (exact) mass is 246 g/mol. The van der Waals surface area contributed by atoms with Crippen molar-refractivity contribution in [2.24, 2.45) is 0 Å². The van der Waals surface area contributed by atoms with Crippen LogP contribution in [0.3, 0.4) is 0 Å². The standard InChI is InChI=1S/C13H10O3S/c1-8-4-5-9(10(7-8)13(15)16)12(14)11-3-2-6-17-11/h2-7H,1H3,(H,15,16). The maximum atomic E-state index is 12.1. The number of carbonyl (C=O) groups is 2. The van der Waals surface area contributed by atoms with Gasteiger partial charge < -0.3 is 5.11 Å². The molecule has 0 saturated heterocycles. The highest BCUT2D eigenvalue weighted by Gasteiger charge is 2.18. The topological polar surface area (TPSA) is 54.4 Å². The second-order valence-corrected chi connectivity index (χ2v) is 4.61. The van der Waals surface area contributed by atoms with Crippen molar-refractivity contribution in [2.75, 3.05) is 0 Å². The maximum absolute atomic E-state index is 12.1. The van der Waals surface area contributed by atoms with E-state index in [1.54, 1.807) is 36.6 Å². The Hall–Kier alpha value is -1.94. The van der Waals surface area contributed by atoms with Crippen molar-refractivity contribution in [1.29, 1.82) is 0 Å². The van der Waals surface area contributed by atoms with Crippen molar-refractivity contribution < 1.29 is 14.7 Å². The first-order valence-electron chi connectivity index (χ1n) is 5.02. The van der Waals surface area contributed by atoms with Crippen molar-refractivity contribution in [1.82, 2.24) is 0 Å². The molecule has 0 aliphatic carbocycles. The molecule has 2 aromatic rings. The number of rotatable bonds is 3. The molecule has 0 atom stereocenters. The van der Waals surface area contributed by atoms with Gasteiger partial charge in [-0.05, 0) is 30.5 Å². The Morgan fingerprint density at radius 3 is 2.53 bits per heavy atom. The average molecular weight is 246 g/mol. The molecule has 0 aliphatic heterocycles. The summed E-state index contributed by atoms with van der Waals surface area (Å²) in [5, 5.41) is 10.9. The molecule has 0 bridgehead atoms. The third-order valence-electron chi connectivity index (χ3n) is 2.40. The van der Waals surface area contributed by atoms with E-state index in [4.69, 9.17) is 5.11 Å². The van der Waals surface area contributed by atoms with Crippen LogP contribution in [0.2, 0.25) is 0 Å². The molecule has 17 heavy (non-hydrogen) atoms. The van der Waals surface area contributed by atoms with E-state index in [0.717, 1.165) is 5.56 Å². The summed E-state index contributed by atoms with van der Waals surface area (Å²) in [5.74, 6) is -1.31. The third-order valence-corrected chi connectivity index (χ3v) is 3.26. The molecule has 1 aromatic heterocycles. The number of hydrogen-bond acceptors (Lipinski definition) is 3. The van der Waals surface area contributed by atoms with Crippen LogP contribution in [0.1, 0.15) is 31.2 Å². The Balaban J connectivity index is 2.52. The molecular formula is C13H10O3S. The van der Waals surface area contributed by atoms with E-state index in [2.05, 4.69) is 0 Å². The highest BCUT2D eigenvalue weighted by atomic mass is 32.1. The number of ketones is 1. The van der Waals surface area contributed by atoms with Crippen LogP contribution in [-0.2, 0) is 0 Å². The number of carboxylic acids is 1. The molecule has 2 rings (SSSR count). The fraction of sp³-hybridized carbons (Fsp3) is 0.0769. The molecule has 0 saturated carbocycles. The Morgan fingerprint density at radius 1 is 1.18 bits per heavy atom. The van der Waals surface area contributed by atoms with Gasteiger partial charge >= 0.3 is 5.97 Å². The van der Waals surface area contributed by atoms with Gasteiger partial charge in [0.15, 0.2) is 0 Å². The molecule has 0 spiro atoms. The number of thiophene rings is 1. The predicted molar refractivity (Wildman–Crippen MR) is 65.9 cm³/mol. The average Bonchev–Trinajstić information content (AvgIpc) is 2.81. The first-order chi connectivity index (χ1) is 8.09. The zero-order valence-corrected chi connectivity index (χ0v) is 9.95. The Bertz CT molecular complexity index is 570. The molecule has 0 aliphatic rings. The molecule has 86 valence electrons. The number of benzene rings is 1. The molecule has 0 fully saturated rings. The fourth-order valence-corrected chi connectivity index (χ4v) is 2.25. The lowest BCUT2D eigenvalue weighted by atomic mass is 10.0. The third kappa shape index (κ3) is 2.26. The van der Waals surface area contributed by atoms with E-state index in [1.165, 1.54) is 17.4 Å². The second kappa shape index (κ2) is 4.51. The van der Waals surface area contributed by atoms with Gasteiger partial charge in [-0.15, -0.1) is 11.3 Å². The van der Waals surface area contributed by atoms with Gasteiger partial charge in [0.2, 0.25) is 5.78 Å². The number of carbonyl (C=O) groups excluding carboxylic acids is 1. The van der Waals surface area contributed by atoms with Crippen LogP contribution in [-0.4, -0.2) is 16.9 Å². The van der Waals surface area contributed by atoms with E-state index in [1.807, 2.05) is 0 Å².